The molecule has 3 atom stereocenters. The fraction of sp³-hybridized carbons (Fsp3) is 1.00. The molecule has 80 valence electrons. The fourth-order valence-electron chi connectivity index (χ4n) is 0.974. The monoisotopic (exact) mass is 207 g/mol. The van der Waals surface area contributed by atoms with Crippen LogP contribution in [-0.4, -0.2) is 42.0 Å². The van der Waals surface area contributed by atoms with Gasteiger partial charge in [0.25, 0.3) is 0 Å². The summed E-state index contributed by atoms with van der Waals surface area (Å²) in [6, 6.07) is -0.0750. The van der Waals surface area contributed by atoms with Gasteiger partial charge in [0.05, 0.1) is 13.2 Å². The molecule has 0 bridgehead atoms. The first-order chi connectivity index (χ1) is 6.15. The molecular formula is C9H21NO2S. The third-order valence-electron chi connectivity index (χ3n) is 2.00. The summed E-state index contributed by atoms with van der Waals surface area (Å²) in [5, 5.41) is 9.75. The van der Waals surface area contributed by atoms with E-state index in [9.17, 15) is 0 Å². The van der Waals surface area contributed by atoms with Crippen molar-refractivity contribution in [1.29, 1.82) is 0 Å². The minimum Gasteiger partial charge on any atom is -0.395 e. The summed E-state index contributed by atoms with van der Waals surface area (Å²) in [6.45, 7) is 4.91. The minimum atomic E-state index is -0.0750. The van der Waals surface area contributed by atoms with Gasteiger partial charge in [-0.3, -0.25) is 0 Å². The van der Waals surface area contributed by atoms with Gasteiger partial charge in [0.1, 0.15) is 0 Å². The van der Waals surface area contributed by atoms with E-state index in [4.69, 9.17) is 15.6 Å². The summed E-state index contributed by atoms with van der Waals surface area (Å²) in [5.74, 6) is 0. The van der Waals surface area contributed by atoms with Crippen molar-refractivity contribution in [3.8, 4) is 0 Å². The van der Waals surface area contributed by atoms with E-state index in [0.717, 1.165) is 6.42 Å². The molecular weight excluding hydrogens is 186 g/mol. The molecule has 4 heteroatoms. The zero-order valence-corrected chi connectivity index (χ0v) is 9.51. The summed E-state index contributed by atoms with van der Waals surface area (Å²) in [4.78, 5) is 0. The van der Waals surface area contributed by atoms with E-state index in [0.29, 0.717) is 11.9 Å². The maximum absolute atomic E-state index is 9.11. The summed E-state index contributed by atoms with van der Waals surface area (Å²) in [7, 11) is 1.63. The third kappa shape index (κ3) is 5.52. The molecule has 0 aromatic rings. The number of rotatable bonds is 7. The van der Waals surface area contributed by atoms with E-state index >= 15 is 0 Å². The van der Waals surface area contributed by atoms with Crippen LogP contribution in [0.2, 0.25) is 0 Å². The first-order valence-electron chi connectivity index (χ1n) is 4.66. The average Bonchev–Trinajstić information content (AvgIpc) is 2.14. The lowest BCUT2D eigenvalue weighted by atomic mass is 10.2. The maximum Gasteiger partial charge on any atom is 0.0625 e. The Kier molecular flexibility index (Phi) is 7.75. The van der Waals surface area contributed by atoms with E-state index in [-0.39, 0.29) is 17.9 Å². The highest BCUT2D eigenvalue weighted by Crippen LogP contribution is 2.21. The van der Waals surface area contributed by atoms with E-state index in [1.165, 1.54) is 0 Å². The van der Waals surface area contributed by atoms with Crippen molar-refractivity contribution in [2.24, 2.45) is 5.73 Å². The normalized spacial score (nSPS) is 18.2. The Bertz CT molecular complexity index is 124. The summed E-state index contributed by atoms with van der Waals surface area (Å²) < 4.78 is 4.95. The highest BCUT2D eigenvalue weighted by molar-refractivity contribution is 8.00. The van der Waals surface area contributed by atoms with E-state index in [2.05, 4.69) is 13.8 Å². The van der Waals surface area contributed by atoms with Gasteiger partial charge in [-0.05, 0) is 6.42 Å². The van der Waals surface area contributed by atoms with Gasteiger partial charge in [-0.15, -0.1) is 0 Å². The number of aliphatic hydroxyl groups excluding tert-OH is 1. The Hall–Kier alpha value is 0.230. The van der Waals surface area contributed by atoms with Crippen LogP contribution < -0.4 is 5.73 Å². The molecule has 0 aromatic carbocycles. The van der Waals surface area contributed by atoms with Crippen molar-refractivity contribution in [3.63, 3.8) is 0 Å². The predicted octanol–water partition coefficient (Wildman–Crippen LogP) is 0.853. The molecule has 0 aliphatic rings. The Balaban J connectivity index is 3.86. The molecule has 3 unspecified atom stereocenters. The zero-order valence-electron chi connectivity index (χ0n) is 8.69. The molecule has 0 aliphatic carbocycles. The van der Waals surface area contributed by atoms with Gasteiger partial charge in [0.15, 0.2) is 0 Å². The van der Waals surface area contributed by atoms with Crippen molar-refractivity contribution in [3.05, 3.63) is 0 Å². The summed E-state index contributed by atoms with van der Waals surface area (Å²) >= 11 is 1.74. The average molecular weight is 207 g/mol. The second-order valence-electron chi connectivity index (χ2n) is 3.20. The first-order valence-corrected chi connectivity index (χ1v) is 5.60. The lowest BCUT2D eigenvalue weighted by molar-refractivity contribution is 0.167. The lowest BCUT2D eigenvalue weighted by Crippen LogP contribution is -2.39. The molecule has 0 radical (unpaired) electrons. The molecule has 0 saturated carbocycles. The summed E-state index contributed by atoms with van der Waals surface area (Å²) in [6.07, 6.45) is 1.10. The van der Waals surface area contributed by atoms with Crippen molar-refractivity contribution in [2.75, 3.05) is 20.3 Å². The molecule has 0 fully saturated rings. The molecule has 0 rings (SSSR count). The van der Waals surface area contributed by atoms with E-state index < -0.39 is 0 Å². The fourth-order valence-corrected chi connectivity index (χ4v) is 2.13. The number of methoxy groups -OCH3 is 1. The number of thioether (sulfide) groups is 1. The van der Waals surface area contributed by atoms with Gasteiger partial charge >= 0.3 is 0 Å². The van der Waals surface area contributed by atoms with Crippen LogP contribution in [-0.2, 0) is 4.74 Å². The van der Waals surface area contributed by atoms with E-state index in [1.54, 1.807) is 18.9 Å². The van der Waals surface area contributed by atoms with Crippen LogP contribution in [0.5, 0.6) is 0 Å². The number of hydrogen-bond donors (Lipinski definition) is 2. The van der Waals surface area contributed by atoms with Crippen LogP contribution in [0, 0.1) is 0 Å². The topological polar surface area (TPSA) is 55.5 Å². The molecule has 0 spiro atoms. The third-order valence-corrected chi connectivity index (χ3v) is 3.64. The van der Waals surface area contributed by atoms with Crippen molar-refractivity contribution >= 4 is 11.8 Å². The van der Waals surface area contributed by atoms with Gasteiger partial charge in [0, 0.05) is 23.7 Å². The second kappa shape index (κ2) is 7.62. The Morgan fingerprint density at radius 2 is 2.15 bits per heavy atom. The van der Waals surface area contributed by atoms with Crippen LogP contribution in [0.25, 0.3) is 0 Å². The van der Waals surface area contributed by atoms with Crippen LogP contribution in [0.15, 0.2) is 0 Å². The van der Waals surface area contributed by atoms with E-state index in [1.807, 2.05) is 0 Å². The largest absolute Gasteiger partial charge is 0.395 e. The van der Waals surface area contributed by atoms with Gasteiger partial charge < -0.3 is 15.6 Å². The van der Waals surface area contributed by atoms with Crippen LogP contribution in [0.3, 0.4) is 0 Å². The number of nitrogens with two attached hydrogens (primary N) is 1. The minimum absolute atomic E-state index is 0.0750. The highest BCUT2D eigenvalue weighted by atomic mass is 32.2. The van der Waals surface area contributed by atoms with Gasteiger partial charge in [0.2, 0.25) is 0 Å². The quantitative estimate of drug-likeness (QED) is 0.650. The molecule has 0 aliphatic heterocycles. The van der Waals surface area contributed by atoms with Crippen molar-refractivity contribution in [1.82, 2.24) is 0 Å². The molecule has 0 saturated heterocycles. The standard InChI is InChI=1S/C9H21NO2S/c1-4-7(2)13-9(5-11)8(10)6-12-3/h7-9,11H,4-6,10H2,1-3H3. The molecule has 0 amide bonds. The van der Waals surface area contributed by atoms with Crippen LogP contribution >= 0.6 is 11.8 Å². The molecule has 13 heavy (non-hydrogen) atoms. The predicted molar refractivity (Wildman–Crippen MR) is 58.1 cm³/mol. The number of aliphatic hydroxyl groups is 1. The molecule has 0 aromatic heterocycles. The van der Waals surface area contributed by atoms with Crippen LogP contribution in [0.1, 0.15) is 20.3 Å². The number of ether oxygens (including phenoxy) is 1. The Morgan fingerprint density at radius 1 is 1.54 bits per heavy atom. The van der Waals surface area contributed by atoms with Crippen molar-refractivity contribution < 1.29 is 9.84 Å². The lowest BCUT2D eigenvalue weighted by Gasteiger charge is -2.23. The first kappa shape index (κ1) is 13.2. The molecule has 3 N–H and O–H groups in total. The Labute approximate surface area is 85.0 Å². The summed E-state index contributed by atoms with van der Waals surface area (Å²) in [5.41, 5.74) is 5.84. The van der Waals surface area contributed by atoms with Gasteiger partial charge in [-0.2, -0.15) is 11.8 Å². The highest BCUT2D eigenvalue weighted by Gasteiger charge is 2.19. The zero-order chi connectivity index (χ0) is 10.3. The smallest absolute Gasteiger partial charge is 0.0625 e. The van der Waals surface area contributed by atoms with Gasteiger partial charge in [-0.1, -0.05) is 13.8 Å². The second-order valence-corrected chi connectivity index (χ2v) is 4.88. The maximum atomic E-state index is 9.11. The van der Waals surface area contributed by atoms with Gasteiger partial charge in [-0.25, -0.2) is 0 Å². The molecule has 0 heterocycles. The SMILES string of the molecule is CCC(C)SC(CO)C(N)COC. The number of hydrogen-bond acceptors (Lipinski definition) is 4. The van der Waals surface area contributed by atoms with Crippen LogP contribution in [0.4, 0.5) is 0 Å². The Morgan fingerprint density at radius 3 is 2.54 bits per heavy atom. The molecule has 3 nitrogen and oxygen atoms in total. The van der Waals surface area contributed by atoms with Crippen molar-refractivity contribution in [2.45, 2.75) is 36.8 Å².